The zero-order valence-electron chi connectivity index (χ0n) is 10.9. The van der Waals surface area contributed by atoms with Crippen LogP contribution in [-0.2, 0) is 14.9 Å². The number of nitrogens with zero attached hydrogens (tertiary/aromatic N) is 2. The maximum Gasteiger partial charge on any atom is 0.264 e. The van der Waals surface area contributed by atoms with Crippen molar-refractivity contribution in [3.63, 3.8) is 0 Å². The smallest absolute Gasteiger partial charge is 0.264 e. The van der Waals surface area contributed by atoms with Crippen LogP contribution in [0.1, 0.15) is 16.8 Å². The summed E-state index contributed by atoms with van der Waals surface area (Å²) < 4.78 is 24.7. The lowest BCUT2D eigenvalue weighted by molar-refractivity contribution is -0.0258. The van der Waals surface area contributed by atoms with E-state index >= 15 is 0 Å². The molecule has 1 heterocycles. The van der Waals surface area contributed by atoms with Crippen LogP contribution < -0.4 is 0 Å². The Morgan fingerprint density at radius 1 is 1.26 bits per heavy atom. The number of amides is 1. The lowest BCUT2D eigenvalue weighted by Gasteiger charge is -2.30. The van der Waals surface area contributed by atoms with E-state index in [1.807, 2.05) is 0 Å². The third-order valence-corrected chi connectivity index (χ3v) is 4.83. The fourth-order valence-corrected chi connectivity index (χ4v) is 2.69. The molecule has 6 nitrogen and oxygen atoms in total. The van der Waals surface area contributed by atoms with Gasteiger partial charge in [-0.05, 0) is 30.7 Å². The predicted molar refractivity (Wildman–Crippen MR) is 68.9 cm³/mol. The van der Waals surface area contributed by atoms with E-state index in [9.17, 15) is 13.2 Å². The number of hydrogen-bond acceptors (Lipinski definition) is 4. The Kier molecular flexibility index (Phi) is 3.88. The van der Waals surface area contributed by atoms with Crippen molar-refractivity contribution in [3.05, 3.63) is 29.8 Å². The van der Waals surface area contributed by atoms with Gasteiger partial charge in [0, 0.05) is 25.7 Å². The van der Waals surface area contributed by atoms with Crippen molar-refractivity contribution in [2.24, 2.45) is 0 Å². The molecule has 0 N–H and O–H groups in total. The maximum absolute atomic E-state index is 12.0. The molecule has 1 fully saturated rings. The van der Waals surface area contributed by atoms with Crippen molar-refractivity contribution in [3.8, 4) is 0 Å². The highest BCUT2D eigenvalue weighted by molar-refractivity contribution is 7.89. The molecule has 0 spiro atoms. The number of carbonyl (C=O) groups is 1. The van der Waals surface area contributed by atoms with Gasteiger partial charge in [0.1, 0.15) is 0 Å². The summed E-state index contributed by atoms with van der Waals surface area (Å²) in [7, 11) is -1.07. The van der Waals surface area contributed by atoms with Crippen molar-refractivity contribution >= 4 is 15.9 Å². The first-order valence-corrected chi connectivity index (χ1v) is 7.33. The molecule has 0 aromatic heterocycles. The highest BCUT2D eigenvalue weighted by atomic mass is 32.2. The molecule has 1 amide bonds. The molecule has 1 aromatic carbocycles. The molecule has 19 heavy (non-hydrogen) atoms. The average molecular weight is 284 g/mol. The molecule has 7 heteroatoms. The molecule has 0 radical (unpaired) electrons. The minimum atomic E-state index is -3.66. The van der Waals surface area contributed by atoms with Crippen LogP contribution in [0.3, 0.4) is 0 Å². The molecule has 0 aliphatic carbocycles. The molecule has 1 saturated heterocycles. The predicted octanol–water partition coefficient (Wildman–Crippen LogP) is 0.714. The summed E-state index contributed by atoms with van der Waals surface area (Å²) in [6.45, 7) is 1.54. The van der Waals surface area contributed by atoms with Crippen LogP contribution in [0.2, 0.25) is 0 Å². The first kappa shape index (κ1) is 14.0. The van der Waals surface area contributed by atoms with Crippen molar-refractivity contribution in [2.45, 2.75) is 11.3 Å². The number of likely N-dealkylation sites (tertiary alicyclic amines) is 1. The Bertz CT molecular complexity index is 564. The molecular formula is C12H16N2O4S. The highest BCUT2D eigenvalue weighted by Crippen LogP contribution is 2.17. The molecule has 2 rings (SSSR count). The second-order valence-electron chi connectivity index (χ2n) is 4.27. The van der Waals surface area contributed by atoms with Gasteiger partial charge >= 0.3 is 0 Å². The number of sulfonamides is 1. The Morgan fingerprint density at radius 3 is 2.26 bits per heavy atom. The number of rotatable bonds is 4. The van der Waals surface area contributed by atoms with E-state index in [2.05, 4.69) is 4.84 Å². The van der Waals surface area contributed by atoms with Crippen molar-refractivity contribution in [1.29, 1.82) is 0 Å². The minimum absolute atomic E-state index is 0.0599. The number of hydroxylamine groups is 1. The summed E-state index contributed by atoms with van der Waals surface area (Å²) in [6.07, 6.45) is 1.02. The van der Waals surface area contributed by atoms with E-state index in [1.54, 1.807) is 4.90 Å². The van der Waals surface area contributed by atoms with E-state index in [0.717, 1.165) is 24.0 Å². The molecule has 104 valence electrons. The topological polar surface area (TPSA) is 66.9 Å². The molecule has 0 saturated carbocycles. The molecule has 0 bridgehead atoms. The number of benzene rings is 1. The summed E-state index contributed by atoms with van der Waals surface area (Å²) in [5.74, 6) is -0.0599. The Morgan fingerprint density at radius 2 is 1.84 bits per heavy atom. The van der Waals surface area contributed by atoms with Gasteiger partial charge < -0.3 is 4.90 Å². The van der Waals surface area contributed by atoms with Crippen molar-refractivity contribution in [1.82, 2.24) is 9.37 Å². The first-order chi connectivity index (χ1) is 8.96. The van der Waals surface area contributed by atoms with Crippen molar-refractivity contribution < 1.29 is 18.0 Å². The van der Waals surface area contributed by atoms with Gasteiger partial charge in [0.15, 0.2) is 0 Å². The van der Waals surface area contributed by atoms with E-state index in [4.69, 9.17) is 0 Å². The van der Waals surface area contributed by atoms with Gasteiger partial charge in [-0.3, -0.25) is 9.63 Å². The largest absolute Gasteiger partial charge is 0.339 e. The van der Waals surface area contributed by atoms with E-state index < -0.39 is 10.0 Å². The summed E-state index contributed by atoms with van der Waals surface area (Å²) in [4.78, 5) is 18.4. The fraction of sp³-hybridized carbons (Fsp3) is 0.417. The third-order valence-electron chi connectivity index (χ3n) is 3.14. The molecular weight excluding hydrogens is 268 g/mol. The lowest BCUT2D eigenvalue weighted by atomic mass is 10.1. The van der Waals surface area contributed by atoms with Gasteiger partial charge in [0.05, 0.1) is 12.0 Å². The normalized spacial score (nSPS) is 15.4. The summed E-state index contributed by atoms with van der Waals surface area (Å²) in [5.41, 5.74) is 0.499. The van der Waals surface area contributed by atoms with Gasteiger partial charge in [-0.25, -0.2) is 8.42 Å². The van der Waals surface area contributed by atoms with E-state index in [1.165, 1.54) is 38.4 Å². The Hall–Kier alpha value is -1.44. The second-order valence-corrected chi connectivity index (χ2v) is 6.20. The fourth-order valence-electron chi connectivity index (χ4n) is 1.72. The van der Waals surface area contributed by atoms with Crippen LogP contribution in [0.15, 0.2) is 29.2 Å². The third kappa shape index (κ3) is 2.63. The summed E-state index contributed by atoms with van der Waals surface area (Å²) in [5, 5.41) is 0. The summed E-state index contributed by atoms with van der Waals surface area (Å²) in [6, 6.07) is 5.88. The first-order valence-electron chi connectivity index (χ1n) is 5.89. The minimum Gasteiger partial charge on any atom is -0.339 e. The SMILES string of the molecule is CON(C)S(=O)(=O)c1ccc(C(=O)N2CCC2)cc1. The number of hydrogen-bond donors (Lipinski definition) is 0. The highest BCUT2D eigenvalue weighted by Gasteiger charge is 2.24. The zero-order valence-corrected chi connectivity index (χ0v) is 11.7. The van der Waals surface area contributed by atoms with Crippen molar-refractivity contribution in [2.75, 3.05) is 27.2 Å². The van der Waals surface area contributed by atoms with E-state index in [-0.39, 0.29) is 10.8 Å². The van der Waals surface area contributed by atoms with Crippen LogP contribution >= 0.6 is 0 Å². The standard InChI is InChI=1S/C12H16N2O4S/c1-13(18-2)19(16,17)11-6-4-10(5-7-11)12(15)14-8-3-9-14/h4-7H,3,8-9H2,1-2H3. The van der Waals surface area contributed by atoms with Crippen LogP contribution in [0.25, 0.3) is 0 Å². The summed E-state index contributed by atoms with van der Waals surface area (Å²) >= 11 is 0. The maximum atomic E-state index is 12.0. The van der Waals surface area contributed by atoms with Crippen LogP contribution in [-0.4, -0.2) is 50.9 Å². The molecule has 1 aromatic rings. The molecule has 0 unspecified atom stereocenters. The monoisotopic (exact) mass is 284 g/mol. The zero-order chi connectivity index (χ0) is 14.0. The average Bonchev–Trinajstić information content (AvgIpc) is 2.35. The number of carbonyl (C=O) groups excluding carboxylic acids is 1. The van der Waals surface area contributed by atoms with Gasteiger partial charge in [0.25, 0.3) is 15.9 Å². The van der Waals surface area contributed by atoms with Crippen LogP contribution in [0.4, 0.5) is 0 Å². The second kappa shape index (κ2) is 5.28. The van der Waals surface area contributed by atoms with Gasteiger partial charge in [-0.15, -0.1) is 0 Å². The van der Waals surface area contributed by atoms with Crippen LogP contribution in [0, 0.1) is 0 Å². The lowest BCUT2D eigenvalue weighted by Crippen LogP contribution is -2.42. The van der Waals surface area contributed by atoms with Gasteiger partial charge in [0.2, 0.25) is 0 Å². The van der Waals surface area contributed by atoms with E-state index in [0.29, 0.717) is 5.56 Å². The Labute approximate surface area is 112 Å². The quantitative estimate of drug-likeness (QED) is 0.764. The van der Waals surface area contributed by atoms with Gasteiger partial charge in [-0.2, -0.15) is 0 Å². The Balaban J connectivity index is 2.21. The van der Waals surface area contributed by atoms with Gasteiger partial charge in [-0.1, -0.05) is 4.47 Å². The molecule has 1 aliphatic rings. The molecule has 0 atom stereocenters. The van der Waals surface area contributed by atoms with Crippen LogP contribution in [0.5, 0.6) is 0 Å². The molecule has 1 aliphatic heterocycles.